The van der Waals surface area contributed by atoms with E-state index >= 15 is 0 Å². The third-order valence-corrected chi connectivity index (χ3v) is 4.93. The summed E-state index contributed by atoms with van der Waals surface area (Å²) in [6.07, 6.45) is 0.910. The average molecular weight is 405 g/mol. The lowest BCUT2D eigenvalue weighted by Crippen LogP contribution is -2.39. The molecule has 0 saturated heterocycles. The van der Waals surface area contributed by atoms with E-state index in [0.717, 1.165) is 6.42 Å². The first-order valence-corrected chi connectivity index (χ1v) is 9.52. The number of nitrogens with one attached hydrogen (secondary N) is 2. The number of hydrogen-bond donors (Lipinski definition) is 2. The number of benzene rings is 2. The van der Waals surface area contributed by atoms with Gasteiger partial charge in [0.15, 0.2) is 5.11 Å². The molecule has 2 aromatic carbocycles. The highest BCUT2D eigenvalue weighted by molar-refractivity contribution is 7.80. The average Bonchev–Trinajstić information content (AvgIpc) is 2.62. The maximum Gasteiger partial charge on any atom is 0.339 e. The van der Waals surface area contributed by atoms with E-state index in [9.17, 15) is 4.79 Å². The van der Waals surface area contributed by atoms with Crippen LogP contribution in [0.25, 0.3) is 0 Å². The summed E-state index contributed by atoms with van der Waals surface area (Å²) < 4.78 is 4.74. The minimum absolute atomic E-state index is 0.0155. The van der Waals surface area contributed by atoms with E-state index in [1.54, 1.807) is 18.2 Å². The minimum atomic E-state index is -0.486. The second kappa shape index (κ2) is 9.20. The smallest absolute Gasteiger partial charge is 0.339 e. The molecule has 0 amide bonds. The van der Waals surface area contributed by atoms with Gasteiger partial charge in [0.2, 0.25) is 0 Å². The van der Waals surface area contributed by atoms with Crippen molar-refractivity contribution in [1.29, 1.82) is 0 Å². The van der Waals surface area contributed by atoms with Crippen LogP contribution in [0.5, 0.6) is 0 Å². The highest BCUT2D eigenvalue weighted by atomic mass is 35.5. The summed E-state index contributed by atoms with van der Waals surface area (Å²) in [6.45, 7) is 6.54. The predicted octanol–water partition coefficient (Wildman–Crippen LogP) is 5.17. The van der Waals surface area contributed by atoms with E-state index in [-0.39, 0.29) is 11.5 Å². The van der Waals surface area contributed by atoms with Crippen LogP contribution >= 0.6 is 23.8 Å². The molecule has 0 saturated carbocycles. The molecule has 0 aliphatic heterocycles. The Morgan fingerprint density at radius 3 is 2.52 bits per heavy atom. The molecule has 0 aromatic heterocycles. The standard InChI is InChI=1S/C21H25ClN2O2S/c1-14(13-21(2,3)15-8-6-5-7-9-15)23-20(27)24-16-10-11-18(22)17(12-16)19(25)26-4/h5-12,14H,13H2,1-4H3,(H2,23,24,27)/t14-/m0/s1. The van der Waals surface area contributed by atoms with Crippen LogP contribution < -0.4 is 10.6 Å². The van der Waals surface area contributed by atoms with Crippen molar-refractivity contribution in [3.63, 3.8) is 0 Å². The summed E-state index contributed by atoms with van der Waals surface area (Å²) in [6, 6.07) is 15.6. The predicted molar refractivity (Wildman–Crippen MR) is 116 cm³/mol. The summed E-state index contributed by atoms with van der Waals surface area (Å²) >= 11 is 11.5. The molecule has 2 N–H and O–H groups in total. The van der Waals surface area contributed by atoms with Gasteiger partial charge in [0.1, 0.15) is 0 Å². The number of carbonyl (C=O) groups is 1. The minimum Gasteiger partial charge on any atom is -0.465 e. The maximum absolute atomic E-state index is 11.8. The van der Waals surface area contributed by atoms with Crippen molar-refractivity contribution in [3.05, 3.63) is 64.7 Å². The van der Waals surface area contributed by atoms with Crippen molar-refractivity contribution < 1.29 is 9.53 Å². The monoisotopic (exact) mass is 404 g/mol. The molecule has 2 rings (SSSR count). The van der Waals surface area contributed by atoms with Gasteiger partial charge in [0.25, 0.3) is 0 Å². The summed E-state index contributed by atoms with van der Waals surface area (Å²) in [4.78, 5) is 11.8. The fraction of sp³-hybridized carbons (Fsp3) is 0.333. The van der Waals surface area contributed by atoms with Gasteiger partial charge >= 0.3 is 5.97 Å². The third kappa shape index (κ3) is 5.94. The molecular formula is C21H25ClN2O2S. The molecule has 2 aromatic rings. The van der Waals surface area contributed by atoms with E-state index in [1.165, 1.54) is 12.7 Å². The molecule has 0 fully saturated rings. The lowest BCUT2D eigenvalue weighted by atomic mass is 9.79. The molecule has 6 heteroatoms. The zero-order chi connectivity index (χ0) is 20.0. The Morgan fingerprint density at radius 2 is 1.89 bits per heavy atom. The summed E-state index contributed by atoms with van der Waals surface area (Å²) in [7, 11) is 1.32. The number of ether oxygens (including phenoxy) is 1. The van der Waals surface area contributed by atoms with E-state index in [0.29, 0.717) is 21.4 Å². The van der Waals surface area contributed by atoms with Gasteiger partial charge < -0.3 is 15.4 Å². The molecule has 144 valence electrons. The first kappa shape index (κ1) is 21.2. The Hall–Kier alpha value is -2.11. The van der Waals surface area contributed by atoms with Gasteiger partial charge in [0, 0.05) is 11.7 Å². The molecule has 1 atom stereocenters. The highest BCUT2D eigenvalue weighted by Gasteiger charge is 2.23. The normalized spacial score (nSPS) is 12.2. The Bertz CT molecular complexity index is 809. The van der Waals surface area contributed by atoms with Gasteiger partial charge in [0.05, 0.1) is 17.7 Å². The Kier molecular flexibility index (Phi) is 7.22. The van der Waals surface area contributed by atoms with Crippen LogP contribution in [0, 0.1) is 0 Å². The molecule has 27 heavy (non-hydrogen) atoms. The van der Waals surface area contributed by atoms with Crippen molar-refractivity contribution >= 4 is 40.6 Å². The van der Waals surface area contributed by atoms with Gasteiger partial charge in [-0.1, -0.05) is 55.8 Å². The molecule has 0 heterocycles. The third-order valence-electron chi connectivity index (χ3n) is 4.38. The van der Waals surface area contributed by atoms with Crippen molar-refractivity contribution in [1.82, 2.24) is 5.32 Å². The summed E-state index contributed by atoms with van der Waals surface area (Å²) in [5, 5.41) is 7.23. The number of rotatable bonds is 6. The number of halogens is 1. The number of carbonyl (C=O) groups excluding carboxylic acids is 1. The molecule has 0 bridgehead atoms. The number of hydrogen-bond acceptors (Lipinski definition) is 3. The quantitative estimate of drug-likeness (QED) is 0.513. The van der Waals surface area contributed by atoms with E-state index in [4.69, 9.17) is 28.6 Å². The van der Waals surface area contributed by atoms with Crippen molar-refractivity contribution in [2.24, 2.45) is 0 Å². The van der Waals surface area contributed by atoms with Crippen molar-refractivity contribution in [3.8, 4) is 0 Å². The van der Waals surface area contributed by atoms with Crippen LogP contribution in [0.4, 0.5) is 5.69 Å². The molecule has 0 unspecified atom stereocenters. The highest BCUT2D eigenvalue weighted by Crippen LogP contribution is 2.28. The van der Waals surface area contributed by atoms with Crippen LogP contribution in [0.3, 0.4) is 0 Å². The Labute approximate surface area is 171 Å². The lowest BCUT2D eigenvalue weighted by molar-refractivity contribution is 0.0601. The zero-order valence-electron chi connectivity index (χ0n) is 16.0. The lowest BCUT2D eigenvalue weighted by Gasteiger charge is -2.29. The number of methoxy groups -OCH3 is 1. The van der Waals surface area contributed by atoms with E-state index < -0.39 is 5.97 Å². The van der Waals surface area contributed by atoms with Crippen LogP contribution in [-0.2, 0) is 10.2 Å². The van der Waals surface area contributed by atoms with E-state index in [2.05, 4.69) is 55.7 Å². The van der Waals surface area contributed by atoms with Gasteiger partial charge in [-0.3, -0.25) is 0 Å². The fourth-order valence-electron chi connectivity index (χ4n) is 3.08. The molecule has 0 radical (unpaired) electrons. The summed E-state index contributed by atoms with van der Waals surface area (Å²) in [5.74, 6) is -0.486. The maximum atomic E-state index is 11.8. The molecular weight excluding hydrogens is 380 g/mol. The van der Waals surface area contributed by atoms with Gasteiger partial charge in [-0.05, 0) is 54.7 Å². The fourth-order valence-corrected chi connectivity index (χ4v) is 3.60. The van der Waals surface area contributed by atoms with Crippen LogP contribution in [0.2, 0.25) is 5.02 Å². The van der Waals surface area contributed by atoms with Crippen LogP contribution in [0.15, 0.2) is 48.5 Å². The first-order valence-electron chi connectivity index (χ1n) is 8.74. The van der Waals surface area contributed by atoms with Crippen molar-refractivity contribution in [2.75, 3.05) is 12.4 Å². The SMILES string of the molecule is COC(=O)c1cc(NC(=S)N[C@@H](C)CC(C)(C)c2ccccc2)ccc1Cl. The van der Waals surface area contributed by atoms with Crippen LogP contribution in [-0.4, -0.2) is 24.2 Å². The Balaban J connectivity index is 1.98. The number of esters is 1. The topological polar surface area (TPSA) is 50.4 Å². The second-order valence-electron chi connectivity index (χ2n) is 7.14. The second-order valence-corrected chi connectivity index (χ2v) is 7.96. The molecule has 0 spiro atoms. The zero-order valence-corrected chi connectivity index (χ0v) is 17.6. The van der Waals surface area contributed by atoms with Crippen molar-refractivity contribution in [2.45, 2.75) is 38.6 Å². The largest absolute Gasteiger partial charge is 0.465 e. The number of thiocarbonyl (C=S) groups is 1. The molecule has 4 nitrogen and oxygen atoms in total. The summed E-state index contributed by atoms with van der Waals surface area (Å²) in [5.41, 5.74) is 2.27. The van der Waals surface area contributed by atoms with Gasteiger partial charge in [-0.2, -0.15) is 0 Å². The van der Waals surface area contributed by atoms with Gasteiger partial charge in [-0.25, -0.2) is 4.79 Å². The Morgan fingerprint density at radius 1 is 1.22 bits per heavy atom. The van der Waals surface area contributed by atoms with Gasteiger partial charge in [-0.15, -0.1) is 0 Å². The van der Waals surface area contributed by atoms with E-state index in [1.807, 2.05) is 6.07 Å². The first-order chi connectivity index (χ1) is 12.7. The number of anilines is 1. The molecule has 0 aliphatic carbocycles. The molecule has 0 aliphatic rings. The van der Waals surface area contributed by atoms with Crippen LogP contribution in [0.1, 0.15) is 43.1 Å².